The number of sulfonamides is 1. The van der Waals surface area contributed by atoms with E-state index >= 15 is 0 Å². The van der Waals surface area contributed by atoms with Gasteiger partial charge < -0.3 is 19.1 Å². The van der Waals surface area contributed by atoms with Crippen LogP contribution >= 0.6 is 0 Å². The molecule has 0 amide bonds. The van der Waals surface area contributed by atoms with Crippen LogP contribution in [-0.4, -0.2) is 69.2 Å². The molecule has 0 aliphatic carbocycles. The van der Waals surface area contributed by atoms with Crippen molar-refractivity contribution in [2.24, 2.45) is 0 Å². The Hall–Kier alpha value is -2.59. The topological polar surface area (TPSA) is 94.1 Å². The number of hydrogen-bond donors (Lipinski definition) is 0. The van der Waals surface area contributed by atoms with E-state index in [2.05, 4.69) is 9.97 Å². The molecule has 2 aliphatic heterocycles. The Labute approximate surface area is 163 Å². The SMILES string of the molecule is COc1cc(N2CCN(S(=O)(=O)c3ccc4c(c3)OCCO4)CC2)nc(C)n1. The van der Waals surface area contributed by atoms with Crippen LogP contribution in [0.2, 0.25) is 0 Å². The van der Waals surface area contributed by atoms with Gasteiger partial charge in [-0.3, -0.25) is 0 Å². The smallest absolute Gasteiger partial charge is 0.243 e. The van der Waals surface area contributed by atoms with Gasteiger partial charge in [-0.2, -0.15) is 9.29 Å². The number of aromatic nitrogens is 2. The number of rotatable bonds is 4. The monoisotopic (exact) mass is 406 g/mol. The highest BCUT2D eigenvalue weighted by Crippen LogP contribution is 2.33. The summed E-state index contributed by atoms with van der Waals surface area (Å²) in [5.74, 6) is 2.88. The fourth-order valence-electron chi connectivity index (χ4n) is 3.28. The van der Waals surface area contributed by atoms with E-state index in [4.69, 9.17) is 14.2 Å². The Morgan fingerprint density at radius 3 is 2.43 bits per heavy atom. The molecule has 1 saturated heterocycles. The number of ether oxygens (including phenoxy) is 3. The van der Waals surface area contributed by atoms with Crippen molar-refractivity contribution >= 4 is 15.8 Å². The van der Waals surface area contributed by atoms with Crippen LogP contribution in [0, 0.1) is 6.92 Å². The van der Waals surface area contributed by atoms with Gasteiger partial charge in [-0.15, -0.1) is 0 Å². The molecule has 0 atom stereocenters. The Bertz CT molecular complexity index is 974. The van der Waals surface area contributed by atoms with Crippen molar-refractivity contribution in [2.45, 2.75) is 11.8 Å². The summed E-state index contributed by atoms with van der Waals surface area (Å²) in [4.78, 5) is 10.9. The number of nitrogens with zero attached hydrogens (tertiary/aromatic N) is 4. The van der Waals surface area contributed by atoms with Crippen molar-refractivity contribution in [3.63, 3.8) is 0 Å². The summed E-state index contributed by atoms with van der Waals surface area (Å²) in [7, 11) is -2.05. The largest absolute Gasteiger partial charge is 0.486 e. The van der Waals surface area contributed by atoms with Crippen molar-refractivity contribution in [3.05, 3.63) is 30.1 Å². The van der Waals surface area contributed by atoms with E-state index in [1.807, 2.05) is 4.90 Å². The van der Waals surface area contributed by atoms with Crippen LogP contribution in [0.4, 0.5) is 5.82 Å². The second-order valence-electron chi connectivity index (χ2n) is 6.51. The van der Waals surface area contributed by atoms with E-state index in [1.165, 1.54) is 10.4 Å². The first-order valence-electron chi connectivity index (χ1n) is 9.02. The number of benzene rings is 1. The minimum Gasteiger partial charge on any atom is -0.486 e. The molecule has 4 rings (SSSR count). The quantitative estimate of drug-likeness (QED) is 0.745. The van der Waals surface area contributed by atoms with Crippen molar-refractivity contribution < 1.29 is 22.6 Å². The molecule has 0 radical (unpaired) electrons. The van der Waals surface area contributed by atoms with E-state index < -0.39 is 10.0 Å². The molecule has 28 heavy (non-hydrogen) atoms. The lowest BCUT2D eigenvalue weighted by Crippen LogP contribution is -2.49. The average Bonchev–Trinajstić information content (AvgIpc) is 2.73. The third-order valence-electron chi connectivity index (χ3n) is 4.72. The highest BCUT2D eigenvalue weighted by atomic mass is 32.2. The standard InChI is InChI=1S/C18H22N4O5S/c1-13-19-17(12-18(20-13)25-2)21-5-7-22(8-6-21)28(23,24)14-3-4-15-16(11-14)27-10-9-26-15/h3-4,11-12H,5-10H2,1-2H3. The molecule has 0 spiro atoms. The minimum atomic E-state index is -3.61. The van der Waals surface area contributed by atoms with Crippen LogP contribution < -0.4 is 19.1 Å². The van der Waals surface area contributed by atoms with E-state index in [0.29, 0.717) is 62.6 Å². The fraction of sp³-hybridized carbons (Fsp3) is 0.444. The maximum absolute atomic E-state index is 13.0. The maximum Gasteiger partial charge on any atom is 0.243 e. The summed E-state index contributed by atoms with van der Waals surface area (Å²) in [6.45, 7) is 4.47. The summed E-state index contributed by atoms with van der Waals surface area (Å²) in [6.07, 6.45) is 0. The molecule has 2 aromatic rings. The van der Waals surface area contributed by atoms with Gasteiger partial charge in [-0.1, -0.05) is 0 Å². The number of fused-ring (bicyclic) bond motifs is 1. The minimum absolute atomic E-state index is 0.213. The van der Waals surface area contributed by atoms with Gasteiger partial charge in [0.1, 0.15) is 24.9 Å². The highest BCUT2D eigenvalue weighted by Gasteiger charge is 2.30. The maximum atomic E-state index is 13.0. The number of anilines is 1. The van der Waals surface area contributed by atoms with E-state index in [0.717, 1.165) is 5.82 Å². The second kappa shape index (κ2) is 7.44. The average molecular weight is 406 g/mol. The second-order valence-corrected chi connectivity index (χ2v) is 8.45. The fourth-order valence-corrected chi connectivity index (χ4v) is 4.72. The number of methoxy groups -OCH3 is 1. The molecule has 9 nitrogen and oxygen atoms in total. The first kappa shape index (κ1) is 18.8. The summed E-state index contributed by atoms with van der Waals surface area (Å²) in [5, 5.41) is 0. The third-order valence-corrected chi connectivity index (χ3v) is 6.62. The first-order chi connectivity index (χ1) is 13.5. The van der Waals surface area contributed by atoms with Crippen molar-refractivity contribution in [3.8, 4) is 17.4 Å². The molecule has 0 unspecified atom stereocenters. The molecule has 0 N–H and O–H groups in total. The van der Waals surface area contributed by atoms with Gasteiger partial charge in [0.2, 0.25) is 15.9 Å². The molecule has 0 saturated carbocycles. The Kier molecular flexibility index (Phi) is 4.98. The molecule has 150 valence electrons. The van der Waals surface area contributed by atoms with Crippen LogP contribution in [0.25, 0.3) is 0 Å². The van der Waals surface area contributed by atoms with Crippen LogP contribution in [0.15, 0.2) is 29.2 Å². The van der Waals surface area contributed by atoms with Gasteiger partial charge in [0.05, 0.1) is 12.0 Å². The molecule has 1 aromatic heterocycles. The van der Waals surface area contributed by atoms with E-state index in [-0.39, 0.29) is 4.90 Å². The van der Waals surface area contributed by atoms with Crippen molar-refractivity contribution in [1.29, 1.82) is 0 Å². The lowest BCUT2D eigenvalue weighted by Gasteiger charge is -2.34. The number of piperazine rings is 1. The summed E-state index contributed by atoms with van der Waals surface area (Å²) < 4.78 is 43.7. The van der Waals surface area contributed by atoms with Crippen molar-refractivity contribution in [1.82, 2.24) is 14.3 Å². The van der Waals surface area contributed by atoms with Gasteiger partial charge in [-0.25, -0.2) is 13.4 Å². The normalized spacial score (nSPS) is 17.4. The molecule has 1 aromatic carbocycles. The molecule has 3 heterocycles. The summed E-state index contributed by atoms with van der Waals surface area (Å²) in [6, 6.07) is 6.51. The lowest BCUT2D eigenvalue weighted by molar-refractivity contribution is 0.171. The Morgan fingerprint density at radius 2 is 1.71 bits per heavy atom. The zero-order valence-corrected chi connectivity index (χ0v) is 16.6. The van der Waals surface area contributed by atoms with Gasteiger partial charge in [0.25, 0.3) is 0 Å². The zero-order chi connectivity index (χ0) is 19.7. The molecule has 10 heteroatoms. The predicted octanol–water partition coefficient (Wildman–Crippen LogP) is 1.08. The van der Waals surface area contributed by atoms with E-state index in [1.54, 1.807) is 32.2 Å². The first-order valence-corrected chi connectivity index (χ1v) is 10.5. The van der Waals surface area contributed by atoms with Crippen LogP contribution in [0.1, 0.15) is 5.82 Å². The molecule has 1 fully saturated rings. The zero-order valence-electron chi connectivity index (χ0n) is 15.8. The molecule has 2 aliphatic rings. The summed E-state index contributed by atoms with van der Waals surface area (Å²) >= 11 is 0. The van der Waals surface area contributed by atoms with Crippen molar-refractivity contribution in [2.75, 3.05) is 51.4 Å². The molecular formula is C18H22N4O5S. The van der Waals surface area contributed by atoms with Gasteiger partial charge in [0, 0.05) is 38.3 Å². The predicted molar refractivity (Wildman–Crippen MR) is 102 cm³/mol. The van der Waals surface area contributed by atoms with Crippen LogP contribution in [0.5, 0.6) is 17.4 Å². The molecule has 0 bridgehead atoms. The Balaban J connectivity index is 1.49. The van der Waals surface area contributed by atoms with Gasteiger partial charge in [0.15, 0.2) is 11.5 Å². The van der Waals surface area contributed by atoms with Gasteiger partial charge in [-0.05, 0) is 19.1 Å². The van der Waals surface area contributed by atoms with Crippen LogP contribution in [-0.2, 0) is 10.0 Å². The van der Waals surface area contributed by atoms with E-state index in [9.17, 15) is 8.42 Å². The molecular weight excluding hydrogens is 384 g/mol. The lowest BCUT2D eigenvalue weighted by atomic mass is 10.3. The third kappa shape index (κ3) is 3.57. The summed E-state index contributed by atoms with van der Waals surface area (Å²) in [5.41, 5.74) is 0. The highest BCUT2D eigenvalue weighted by molar-refractivity contribution is 7.89. The number of aryl methyl sites for hydroxylation is 1. The number of hydrogen-bond acceptors (Lipinski definition) is 8. The Morgan fingerprint density at radius 1 is 1.00 bits per heavy atom. The van der Waals surface area contributed by atoms with Crippen LogP contribution in [0.3, 0.4) is 0 Å². The van der Waals surface area contributed by atoms with Gasteiger partial charge >= 0.3 is 0 Å².